The number of hydrogen-bond acceptors (Lipinski definition) is 2. The standard InChI is InChI=1S/C15H15FO2/c1-10-4-3-5-14(15(10)16)18-13-7-6-12(9-17)11(2)8-13/h3-8,17H,9H2,1-2H3. The second-order valence-corrected chi connectivity index (χ2v) is 4.24. The van der Waals surface area contributed by atoms with Crippen molar-refractivity contribution in [2.45, 2.75) is 20.5 Å². The van der Waals surface area contributed by atoms with Crippen molar-refractivity contribution in [3.05, 3.63) is 58.9 Å². The van der Waals surface area contributed by atoms with Crippen LogP contribution in [0.1, 0.15) is 16.7 Å². The normalized spacial score (nSPS) is 10.4. The van der Waals surface area contributed by atoms with Gasteiger partial charge in [0.15, 0.2) is 11.6 Å². The number of halogens is 1. The summed E-state index contributed by atoms with van der Waals surface area (Å²) in [5.41, 5.74) is 2.31. The van der Waals surface area contributed by atoms with E-state index >= 15 is 0 Å². The van der Waals surface area contributed by atoms with Gasteiger partial charge in [0.1, 0.15) is 5.75 Å². The Morgan fingerprint density at radius 1 is 1.11 bits per heavy atom. The maximum atomic E-state index is 13.8. The summed E-state index contributed by atoms with van der Waals surface area (Å²) in [5, 5.41) is 9.08. The molecule has 2 rings (SSSR count). The Morgan fingerprint density at radius 2 is 1.89 bits per heavy atom. The molecule has 0 spiro atoms. The quantitative estimate of drug-likeness (QED) is 0.894. The first-order valence-electron chi connectivity index (χ1n) is 5.75. The highest BCUT2D eigenvalue weighted by molar-refractivity contribution is 5.39. The van der Waals surface area contributed by atoms with Crippen LogP contribution in [-0.2, 0) is 6.61 Å². The van der Waals surface area contributed by atoms with Gasteiger partial charge in [-0.1, -0.05) is 18.2 Å². The van der Waals surface area contributed by atoms with Crippen LogP contribution in [0.3, 0.4) is 0 Å². The van der Waals surface area contributed by atoms with Crippen molar-refractivity contribution in [3.8, 4) is 11.5 Å². The number of benzene rings is 2. The lowest BCUT2D eigenvalue weighted by Crippen LogP contribution is -1.93. The molecule has 0 fully saturated rings. The number of rotatable bonds is 3. The minimum absolute atomic E-state index is 0.00901. The van der Waals surface area contributed by atoms with E-state index in [-0.39, 0.29) is 18.2 Å². The summed E-state index contributed by atoms with van der Waals surface area (Å²) in [4.78, 5) is 0. The predicted octanol–water partition coefficient (Wildman–Crippen LogP) is 3.73. The summed E-state index contributed by atoms with van der Waals surface area (Å²) in [6.07, 6.45) is 0. The molecule has 0 atom stereocenters. The fourth-order valence-corrected chi connectivity index (χ4v) is 1.74. The molecule has 2 aromatic carbocycles. The van der Waals surface area contributed by atoms with E-state index < -0.39 is 0 Å². The molecule has 1 N–H and O–H groups in total. The van der Waals surface area contributed by atoms with E-state index in [0.717, 1.165) is 11.1 Å². The van der Waals surface area contributed by atoms with Gasteiger partial charge in [0.2, 0.25) is 0 Å². The van der Waals surface area contributed by atoms with Gasteiger partial charge >= 0.3 is 0 Å². The third-order valence-electron chi connectivity index (χ3n) is 2.87. The Bertz CT molecular complexity index is 564. The first-order chi connectivity index (χ1) is 8.61. The Balaban J connectivity index is 2.29. The lowest BCUT2D eigenvalue weighted by atomic mass is 10.1. The molecule has 3 heteroatoms. The van der Waals surface area contributed by atoms with Gasteiger partial charge in [-0.3, -0.25) is 0 Å². The number of ether oxygens (including phenoxy) is 1. The lowest BCUT2D eigenvalue weighted by molar-refractivity contribution is 0.281. The van der Waals surface area contributed by atoms with Gasteiger partial charge in [-0.15, -0.1) is 0 Å². The topological polar surface area (TPSA) is 29.5 Å². The second kappa shape index (κ2) is 5.19. The van der Waals surface area contributed by atoms with Crippen LogP contribution >= 0.6 is 0 Å². The molecule has 0 amide bonds. The number of aliphatic hydroxyl groups is 1. The molecule has 0 aliphatic heterocycles. The van der Waals surface area contributed by atoms with Crippen molar-refractivity contribution in [1.82, 2.24) is 0 Å². The minimum atomic E-state index is -0.346. The van der Waals surface area contributed by atoms with E-state index in [1.807, 2.05) is 6.92 Å². The third kappa shape index (κ3) is 2.51. The average Bonchev–Trinajstić information content (AvgIpc) is 2.35. The zero-order valence-electron chi connectivity index (χ0n) is 10.4. The summed E-state index contributed by atoms with van der Waals surface area (Å²) in [7, 11) is 0. The molecule has 2 nitrogen and oxygen atoms in total. The highest BCUT2D eigenvalue weighted by Gasteiger charge is 2.07. The minimum Gasteiger partial charge on any atom is -0.454 e. The van der Waals surface area contributed by atoms with E-state index in [1.54, 1.807) is 43.3 Å². The average molecular weight is 246 g/mol. The second-order valence-electron chi connectivity index (χ2n) is 4.24. The Labute approximate surface area is 106 Å². The first kappa shape index (κ1) is 12.6. The van der Waals surface area contributed by atoms with Crippen molar-refractivity contribution >= 4 is 0 Å². The summed E-state index contributed by atoms with van der Waals surface area (Å²) in [5.74, 6) is 0.432. The van der Waals surface area contributed by atoms with Crippen LogP contribution in [0.4, 0.5) is 4.39 Å². The van der Waals surface area contributed by atoms with E-state index in [0.29, 0.717) is 11.3 Å². The fourth-order valence-electron chi connectivity index (χ4n) is 1.74. The number of hydrogen-bond donors (Lipinski definition) is 1. The summed E-state index contributed by atoms with van der Waals surface area (Å²) in [6, 6.07) is 10.3. The van der Waals surface area contributed by atoms with Crippen molar-refractivity contribution in [2.24, 2.45) is 0 Å². The molecular formula is C15H15FO2. The van der Waals surface area contributed by atoms with Gasteiger partial charge in [-0.25, -0.2) is 4.39 Å². The van der Waals surface area contributed by atoms with Gasteiger partial charge in [-0.05, 0) is 48.7 Å². The van der Waals surface area contributed by atoms with Gasteiger partial charge in [0.25, 0.3) is 0 Å². The highest BCUT2D eigenvalue weighted by atomic mass is 19.1. The van der Waals surface area contributed by atoms with Crippen LogP contribution in [0.15, 0.2) is 36.4 Å². The Hall–Kier alpha value is -1.87. The van der Waals surface area contributed by atoms with Crippen LogP contribution in [-0.4, -0.2) is 5.11 Å². The number of aliphatic hydroxyl groups excluding tert-OH is 1. The van der Waals surface area contributed by atoms with Crippen molar-refractivity contribution in [3.63, 3.8) is 0 Å². The maximum Gasteiger partial charge on any atom is 0.168 e. The van der Waals surface area contributed by atoms with E-state index in [2.05, 4.69) is 0 Å². The summed E-state index contributed by atoms with van der Waals surface area (Å²) in [6.45, 7) is 3.57. The van der Waals surface area contributed by atoms with Crippen LogP contribution in [0.25, 0.3) is 0 Å². The van der Waals surface area contributed by atoms with E-state index in [9.17, 15) is 4.39 Å². The smallest absolute Gasteiger partial charge is 0.168 e. The zero-order valence-corrected chi connectivity index (χ0v) is 10.4. The monoisotopic (exact) mass is 246 g/mol. The van der Waals surface area contributed by atoms with Crippen LogP contribution in [0, 0.1) is 19.7 Å². The molecule has 0 aromatic heterocycles. The summed E-state index contributed by atoms with van der Waals surface area (Å²) < 4.78 is 19.3. The van der Waals surface area contributed by atoms with Crippen molar-refractivity contribution in [2.75, 3.05) is 0 Å². The Kier molecular flexibility index (Phi) is 3.63. The maximum absolute atomic E-state index is 13.8. The largest absolute Gasteiger partial charge is 0.454 e. The van der Waals surface area contributed by atoms with Gasteiger partial charge < -0.3 is 9.84 Å². The number of aryl methyl sites for hydroxylation is 2. The van der Waals surface area contributed by atoms with Gasteiger partial charge in [-0.2, -0.15) is 0 Å². The molecule has 0 aliphatic rings. The molecule has 94 valence electrons. The molecule has 0 aliphatic carbocycles. The molecule has 2 aromatic rings. The van der Waals surface area contributed by atoms with Crippen LogP contribution < -0.4 is 4.74 Å². The SMILES string of the molecule is Cc1cc(Oc2cccc(C)c2F)ccc1CO. The fraction of sp³-hybridized carbons (Fsp3) is 0.200. The molecule has 0 bridgehead atoms. The molecular weight excluding hydrogens is 231 g/mol. The first-order valence-corrected chi connectivity index (χ1v) is 5.75. The molecule has 0 saturated heterocycles. The van der Waals surface area contributed by atoms with Crippen molar-refractivity contribution in [1.29, 1.82) is 0 Å². The van der Waals surface area contributed by atoms with Crippen LogP contribution in [0.2, 0.25) is 0 Å². The molecule has 0 saturated carbocycles. The molecule has 0 radical (unpaired) electrons. The lowest BCUT2D eigenvalue weighted by Gasteiger charge is -2.10. The molecule has 0 unspecified atom stereocenters. The van der Waals surface area contributed by atoms with Crippen LogP contribution in [0.5, 0.6) is 11.5 Å². The van der Waals surface area contributed by atoms with Crippen molar-refractivity contribution < 1.29 is 14.2 Å². The molecule has 0 heterocycles. The highest BCUT2D eigenvalue weighted by Crippen LogP contribution is 2.27. The Morgan fingerprint density at radius 3 is 2.56 bits per heavy atom. The van der Waals surface area contributed by atoms with Gasteiger partial charge in [0.05, 0.1) is 6.61 Å². The summed E-state index contributed by atoms with van der Waals surface area (Å²) >= 11 is 0. The third-order valence-corrected chi connectivity index (χ3v) is 2.87. The predicted molar refractivity (Wildman–Crippen MR) is 68.3 cm³/mol. The van der Waals surface area contributed by atoms with E-state index in [4.69, 9.17) is 9.84 Å². The van der Waals surface area contributed by atoms with E-state index in [1.165, 1.54) is 0 Å². The van der Waals surface area contributed by atoms with Gasteiger partial charge in [0, 0.05) is 0 Å². The zero-order chi connectivity index (χ0) is 13.1. The molecule has 18 heavy (non-hydrogen) atoms.